The fourth-order valence-electron chi connectivity index (χ4n) is 3.63. The summed E-state index contributed by atoms with van der Waals surface area (Å²) in [5.41, 5.74) is 1.35. The number of anilines is 1. The van der Waals surface area contributed by atoms with Gasteiger partial charge in [-0.25, -0.2) is 4.79 Å². The summed E-state index contributed by atoms with van der Waals surface area (Å²) in [5.74, 6) is 0.0105. The molecule has 4 rings (SSSR count). The van der Waals surface area contributed by atoms with Crippen LogP contribution < -0.4 is 16.6 Å². The Morgan fingerprint density at radius 3 is 2.79 bits per heavy atom. The molecular formula is C20H21N5O4. The Bertz CT molecular complexity index is 1200. The SMILES string of the molecule is Cc1cccc(NC(=O)Cn2c(=O)c(-c3noc(C)n3)c3n(c2=O)CCCC3)c1. The van der Waals surface area contributed by atoms with Crippen LogP contribution in [0.5, 0.6) is 0 Å². The maximum atomic E-state index is 13.2. The van der Waals surface area contributed by atoms with E-state index in [1.807, 2.05) is 25.1 Å². The van der Waals surface area contributed by atoms with Crippen molar-refractivity contribution in [3.05, 3.63) is 62.3 Å². The lowest BCUT2D eigenvalue weighted by molar-refractivity contribution is -0.116. The van der Waals surface area contributed by atoms with E-state index in [1.54, 1.807) is 17.6 Å². The fourth-order valence-corrected chi connectivity index (χ4v) is 3.63. The highest BCUT2D eigenvalue weighted by molar-refractivity contribution is 5.90. The minimum absolute atomic E-state index is 0.144. The van der Waals surface area contributed by atoms with Crippen LogP contribution in [0.25, 0.3) is 11.4 Å². The van der Waals surface area contributed by atoms with Crippen molar-refractivity contribution in [2.45, 2.75) is 46.2 Å². The summed E-state index contributed by atoms with van der Waals surface area (Å²) in [4.78, 5) is 42.8. The van der Waals surface area contributed by atoms with Gasteiger partial charge < -0.3 is 9.84 Å². The van der Waals surface area contributed by atoms with E-state index in [9.17, 15) is 14.4 Å². The molecule has 29 heavy (non-hydrogen) atoms. The van der Waals surface area contributed by atoms with Crippen molar-refractivity contribution in [1.82, 2.24) is 19.3 Å². The third kappa shape index (κ3) is 3.63. The fraction of sp³-hybridized carbons (Fsp3) is 0.350. The molecule has 150 valence electrons. The molecule has 0 saturated heterocycles. The molecule has 0 aliphatic carbocycles. The average Bonchev–Trinajstić information content (AvgIpc) is 3.11. The third-order valence-corrected chi connectivity index (χ3v) is 4.94. The van der Waals surface area contributed by atoms with Crippen molar-refractivity contribution in [3.8, 4) is 11.4 Å². The monoisotopic (exact) mass is 395 g/mol. The Morgan fingerprint density at radius 2 is 2.07 bits per heavy atom. The maximum Gasteiger partial charge on any atom is 0.331 e. The number of fused-ring (bicyclic) bond motifs is 1. The second-order valence-electron chi connectivity index (χ2n) is 7.16. The predicted octanol–water partition coefficient (Wildman–Crippen LogP) is 1.65. The molecule has 0 radical (unpaired) electrons. The summed E-state index contributed by atoms with van der Waals surface area (Å²) < 4.78 is 7.52. The van der Waals surface area contributed by atoms with E-state index >= 15 is 0 Å². The summed E-state index contributed by atoms with van der Waals surface area (Å²) in [6, 6.07) is 7.30. The number of aryl methyl sites for hydroxylation is 2. The van der Waals surface area contributed by atoms with E-state index < -0.39 is 23.7 Å². The largest absolute Gasteiger partial charge is 0.339 e. The van der Waals surface area contributed by atoms with Crippen molar-refractivity contribution in [1.29, 1.82) is 0 Å². The second-order valence-corrected chi connectivity index (χ2v) is 7.16. The average molecular weight is 395 g/mol. The zero-order valence-corrected chi connectivity index (χ0v) is 16.3. The van der Waals surface area contributed by atoms with E-state index in [1.165, 1.54) is 0 Å². The van der Waals surface area contributed by atoms with Gasteiger partial charge in [-0.1, -0.05) is 17.3 Å². The topological polar surface area (TPSA) is 112 Å². The van der Waals surface area contributed by atoms with Crippen LogP contribution in [0.2, 0.25) is 0 Å². The van der Waals surface area contributed by atoms with E-state index in [-0.39, 0.29) is 11.4 Å². The summed E-state index contributed by atoms with van der Waals surface area (Å²) >= 11 is 0. The molecule has 2 aromatic heterocycles. The van der Waals surface area contributed by atoms with Gasteiger partial charge in [-0.05, 0) is 43.9 Å². The number of carbonyl (C=O) groups excluding carboxylic acids is 1. The molecule has 0 fully saturated rings. The number of nitrogens with one attached hydrogen (secondary N) is 1. The number of carbonyl (C=O) groups is 1. The van der Waals surface area contributed by atoms with Crippen molar-refractivity contribution in [3.63, 3.8) is 0 Å². The number of hydrogen-bond donors (Lipinski definition) is 1. The molecular weight excluding hydrogens is 374 g/mol. The Balaban J connectivity index is 1.76. The highest BCUT2D eigenvalue weighted by atomic mass is 16.5. The Labute approximate surface area is 166 Å². The number of nitrogens with zero attached hydrogens (tertiary/aromatic N) is 4. The van der Waals surface area contributed by atoms with Gasteiger partial charge in [-0.3, -0.25) is 18.7 Å². The first-order valence-electron chi connectivity index (χ1n) is 9.48. The molecule has 0 saturated carbocycles. The standard InChI is InChI=1S/C20H21N5O4/c1-12-6-5-7-14(10-12)22-16(26)11-25-19(27)17(18-21-13(2)29-23-18)15-8-3-4-9-24(15)20(25)28/h5-7,10H,3-4,8-9,11H2,1-2H3,(H,22,26). The summed E-state index contributed by atoms with van der Waals surface area (Å²) in [7, 11) is 0. The second kappa shape index (κ2) is 7.50. The molecule has 9 nitrogen and oxygen atoms in total. The normalized spacial score (nSPS) is 13.2. The summed E-state index contributed by atoms with van der Waals surface area (Å²) in [5, 5.41) is 6.60. The van der Waals surface area contributed by atoms with Crippen LogP contribution in [0.15, 0.2) is 38.4 Å². The zero-order valence-electron chi connectivity index (χ0n) is 16.3. The highest BCUT2D eigenvalue weighted by Crippen LogP contribution is 2.21. The minimum Gasteiger partial charge on any atom is -0.339 e. The van der Waals surface area contributed by atoms with Crippen LogP contribution >= 0.6 is 0 Å². The Morgan fingerprint density at radius 1 is 1.24 bits per heavy atom. The third-order valence-electron chi connectivity index (χ3n) is 4.94. The number of benzene rings is 1. The minimum atomic E-state index is -0.580. The van der Waals surface area contributed by atoms with Crippen LogP contribution in [0, 0.1) is 13.8 Å². The first-order chi connectivity index (χ1) is 13.9. The maximum absolute atomic E-state index is 13.2. The van der Waals surface area contributed by atoms with Crippen molar-refractivity contribution < 1.29 is 9.32 Å². The predicted molar refractivity (Wildman–Crippen MR) is 106 cm³/mol. The van der Waals surface area contributed by atoms with E-state index in [0.717, 1.165) is 23.0 Å². The van der Waals surface area contributed by atoms with Gasteiger partial charge in [0.05, 0.1) is 0 Å². The van der Waals surface area contributed by atoms with Crippen LogP contribution in [0.1, 0.15) is 30.0 Å². The Kier molecular flexibility index (Phi) is 4.87. The molecule has 0 atom stereocenters. The Hall–Kier alpha value is -3.49. The highest BCUT2D eigenvalue weighted by Gasteiger charge is 2.26. The molecule has 1 aliphatic heterocycles. The van der Waals surface area contributed by atoms with Crippen LogP contribution in [0.3, 0.4) is 0 Å². The van der Waals surface area contributed by atoms with Gasteiger partial charge >= 0.3 is 5.69 Å². The van der Waals surface area contributed by atoms with Gasteiger partial charge in [-0.2, -0.15) is 4.98 Å². The number of rotatable bonds is 4. The summed E-state index contributed by atoms with van der Waals surface area (Å²) in [6.07, 6.45) is 2.26. The lowest BCUT2D eigenvalue weighted by atomic mass is 10.0. The molecule has 9 heteroatoms. The van der Waals surface area contributed by atoms with Crippen LogP contribution in [-0.2, 0) is 24.3 Å². The number of amides is 1. The van der Waals surface area contributed by atoms with Gasteiger partial charge in [0.25, 0.3) is 5.56 Å². The van der Waals surface area contributed by atoms with E-state index in [2.05, 4.69) is 15.5 Å². The van der Waals surface area contributed by atoms with Crippen molar-refractivity contribution in [2.24, 2.45) is 0 Å². The number of hydrogen-bond acceptors (Lipinski definition) is 6. The van der Waals surface area contributed by atoms with E-state index in [4.69, 9.17) is 4.52 Å². The van der Waals surface area contributed by atoms with Gasteiger partial charge in [0.1, 0.15) is 12.1 Å². The lowest BCUT2D eigenvalue weighted by Gasteiger charge is -2.21. The molecule has 3 aromatic rings. The van der Waals surface area contributed by atoms with Gasteiger partial charge in [0, 0.05) is 24.8 Å². The smallest absolute Gasteiger partial charge is 0.331 e. The number of aromatic nitrogens is 4. The molecule has 1 aromatic carbocycles. The van der Waals surface area contributed by atoms with Crippen molar-refractivity contribution >= 4 is 11.6 Å². The van der Waals surface area contributed by atoms with Crippen molar-refractivity contribution in [2.75, 3.05) is 5.32 Å². The van der Waals surface area contributed by atoms with E-state index in [0.29, 0.717) is 30.2 Å². The molecule has 0 spiro atoms. The van der Waals surface area contributed by atoms with Gasteiger partial charge in [-0.15, -0.1) is 0 Å². The molecule has 1 N–H and O–H groups in total. The summed E-state index contributed by atoms with van der Waals surface area (Å²) in [6.45, 7) is 3.63. The lowest BCUT2D eigenvalue weighted by Crippen LogP contribution is -2.45. The molecule has 0 unspecified atom stereocenters. The molecule has 1 amide bonds. The van der Waals surface area contributed by atoms with Crippen LogP contribution in [0.4, 0.5) is 5.69 Å². The van der Waals surface area contributed by atoms with Gasteiger partial charge in [0.2, 0.25) is 17.6 Å². The first kappa shape index (κ1) is 18.9. The molecule has 3 heterocycles. The van der Waals surface area contributed by atoms with Crippen LogP contribution in [-0.4, -0.2) is 25.2 Å². The van der Waals surface area contributed by atoms with Gasteiger partial charge in [0.15, 0.2) is 0 Å². The molecule has 0 bridgehead atoms. The first-order valence-corrected chi connectivity index (χ1v) is 9.48. The molecule has 1 aliphatic rings. The zero-order chi connectivity index (χ0) is 20.5. The quantitative estimate of drug-likeness (QED) is 0.719.